The zero-order valence-corrected chi connectivity index (χ0v) is 20.8. The Morgan fingerprint density at radius 2 is 1.85 bits per heavy atom. The molecule has 1 saturated carbocycles. The number of hydrogen-bond donors (Lipinski definition) is 2. The third kappa shape index (κ3) is 7.69. The Balaban J connectivity index is 1.44. The highest BCUT2D eigenvalue weighted by molar-refractivity contribution is 7.89. The van der Waals surface area contributed by atoms with Crippen LogP contribution in [-0.2, 0) is 19.6 Å². The molecule has 0 aromatic carbocycles. The molecule has 2 amide bonds. The number of alkyl carbamates (subject to hydrolysis) is 1. The van der Waals surface area contributed by atoms with Gasteiger partial charge in [-0.25, -0.2) is 18.2 Å². The lowest BCUT2D eigenvalue weighted by atomic mass is 9.97. The number of nitrogens with zero attached hydrogens (tertiary/aromatic N) is 2. The van der Waals surface area contributed by atoms with Gasteiger partial charge < -0.3 is 20.1 Å². The van der Waals surface area contributed by atoms with Crippen molar-refractivity contribution < 1.29 is 27.5 Å². The van der Waals surface area contributed by atoms with Gasteiger partial charge in [-0.05, 0) is 58.1 Å². The SMILES string of the molecule is C=C(CNC(=O)OC(C)(C)C)COc1ccc(S(=O)(=O)N2CCC(C(=O)NC3CC3)CC2)cn1. The van der Waals surface area contributed by atoms with Crippen molar-refractivity contribution >= 4 is 22.0 Å². The van der Waals surface area contributed by atoms with E-state index in [1.807, 2.05) is 0 Å². The topological polar surface area (TPSA) is 127 Å². The highest BCUT2D eigenvalue weighted by Crippen LogP contribution is 2.26. The second kappa shape index (κ2) is 10.7. The number of sulfonamides is 1. The predicted octanol–water partition coefficient (Wildman–Crippen LogP) is 2.22. The fourth-order valence-electron chi connectivity index (χ4n) is 3.40. The van der Waals surface area contributed by atoms with Gasteiger partial charge in [-0.15, -0.1) is 0 Å². The first kappa shape index (κ1) is 26.0. The number of pyridine rings is 1. The Hall–Kier alpha value is -2.66. The van der Waals surface area contributed by atoms with E-state index in [4.69, 9.17) is 9.47 Å². The standard InChI is InChI=1S/C23H34N4O6S/c1-16(13-25-22(29)33-23(2,3)4)15-32-20-8-7-19(14-24-20)34(30,31)27-11-9-17(10-12-27)21(28)26-18-5-6-18/h7-8,14,17-18H,1,5-6,9-13,15H2,2-4H3,(H,25,29)(H,26,28). The summed E-state index contributed by atoms with van der Waals surface area (Å²) in [5, 5.41) is 5.59. The van der Waals surface area contributed by atoms with Crippen LogP contribution < -0.4 is 15.4 Å². The van der Waals surface area contributed by atoms with E-state index in [-0.39, 0.29) is 35.8 Å². The van der Waals surface area contributed by atoms with Crippen LogP contribution in [-0.4, -0.2) is 67.6 Å². The van der Waals surface area contributed by atoms with Crippen molar-refractivity contribution in [3.05, 3.63) is 30.5 Å². The lowest BCUT2D eigenvalue weighted by Gasteiger charge is -2.30. The van der Waals surface area contributed by atoms with Gasteiger partial charge in [0.2, 0.25) is 21.8 Å². The molecule has 3 rings (SSSR count). The number of amides is 2. The van der Waals surface area contributed by atoms with Crippen LogP contribution in [0.2, 0.25) is 0 Å². The van der Waals surface area contributed by atoms with Gasteiger partial charge in [-0.3, -0.25) is 4.79 Å². The van der Waals surface area contributed by atoms with Crippen LogP contribution in [0.15, 0.2) is 35.4 Å². The van der Waals surface area contributed by atoms with E-state index in [1.54, 1.807) is 20.8 Å². The van der Waals surface area contributed by atoms with E-state index in [2.05, 4.69) is 22.2 Å². The molecule has 0 unspecified atom stereocenters. The highest BCUT2D eigenvalue weighted by atomic mass is 32.2. The third-order valence-electron chi connectivity index (χ3n) is 5.40. The predicted molar refractivity (Wildman–Crippen MR) is 126 cm³/mol. The molecule has 0 atom stereocenters. The van der Waals surface area contributed by atoms with E-state index in [1.165, 1.54) is 22.6 Å². The molecule has 2 fully saturated rings. The molecule has 1 aromatic heterocycles. The monoisotopic (exact) mass is 494 g/mol. The van der Waals surface area contributed by atoms with E-state index < -0.39 is 21.7 Å². The molecule has 0 bridgehead atoms. The maximum absolute atomic E-state index is 13.0. The number of carbonyl (C=O) groups excluding carboxylic acids is 2. The molecule has 0 spiro atoms. The van der Waals surface area contributed by atoms with Gasteiger partial charge in [-0.1, -0.05) is 6.58 Å². The second-order valence-corrected chi connectivity index (χ2v) is 11.6. The largest absolute Gasteiger partial charge is 0.473 e. The maximum atomic E-state index is 13.0. The fraction of sp³-hybridized carbons (Fsp3) is 0.609. The Morgan fingerprint density at radius 3 is 2.41 bits per heavy atom. The van der Waals surface area contributed by atoms with Crippen molar-refractivity contribution in [3.8, 4) is 5.88 Å². The van der Waals surface area contributed by atoms with Crippen LogP contribution in [0.5, 0.6) is 5.88 Å². The third-order valence-corrected chi connectivity index (χ3v) is 7.28. The summed E-state index contributed by atoms with van der Waals surface area (Å²) in [5.41, 5.74) is 0.00654. The van der Waals surface area contributed by atoms with Crippen molar-refractivity contribution in [1.29, 1.82) is 0 Å². The van der Waals surface area contributed by atoms with Crippen LogP contribution in [0.25, 0.3) is 0 Å². The highest BCUT2D eigenvalue weighted by Gasteiger charge is 2.34. The first-order valence-electron chi connectivity index (χ1n) is 11.5. The zero-order valence-electron chi connectivity index (χ0n) is 20.0. The van der Waals surface area contributed by atoms with Crippen molar-refractivity contribution in [3.63, 3.8) is 0 Å². The van der Waals surface area contributed by atoms with Gasteiger partial charge in [0, 0.05) is 37.7 Å². The summed E-state index contributed by atoms with van der Waals surface area (Å²) >= 11 is 0. The summed E-state index contributed by atoms with van der Waals surface area (Å²) in [5.74, 6) is 0.136. The molecular formula is C23H34N4O6S. The second-order valence-electron chi connectivity index (χ2n) is 9.69. The summed E-state index contributed by atoms with van der Waals surface area (Å²) < 4.78 is 38.0. The Kier molecular flexibility index (Phi) is 8.19. The molecule has 34 heavy (non-hydrogen) atoms. The molecule has 1 aromatic rings. The van der Waals surface area contributed by atoms with E-state index >= 15 is 0 Å². The number of rotatable bonds is 9. The average Bonchev–Trinajstić information content (AvgIpc) is 3.59. The van der Waals surface area contributed by atoms with E-state index in [9.17, 15) is 18.0 Å². The fourth-order valence-corrected chi connectivity index (χ4v) is 4.81. The quantitative estimate of drug-likeness (QED) is 0.504. The molecule has 1 aliphatic carbocycles. The number of carbonyl (C=O) groups is 2. The lowest BCUT2D eigenvalue weighted by molar-refractivity contribution is -0.126. The molecule has 1 aliphatic heterocycles. The minimum absolute atomic E-state index is 0.0330. The van der Waals surface area contributed by atoms with E-state index in [0.717, 1.165) is 12.8 Å². The van der Waals surface area contributed by atoms with Gasteiger partial charge in [0.25, 0.3) is 0 Å². The molecule has 2 heterocycles. The molecule has 188 valence electrons. The van der Waals surface area contributed by atoms with Gasteiger partial charge in [0.05, 0.1) is 6.20 Å². The summed E-state index contributed by atoms with van der Waals surface area (Å²) in [6.45, 7) is 10.0. The smallest absolute Gasteiger partial charge is 0.407 e. The zero-order chi connectivity index (χ0) is 24.9. The number of piperidine rings is 1. The van der Waals surface area contributed by atoms with Crippen LogP contribution in [0.1, 0.15) is 46.5 Å². The normalized spacial score (nSPS) is 17.6. The summed E-state index contributed by atoms with van der Waals surface area (Å²) in [4.78, 5) is 28.1. The first-order valence-corrected chi connectivity index (χ1v) is 12.9. The summed E-state index contributed by atoms with van der Waals surface area (Å²) in [6, 6.07) is 3.24. The minimum Gasteiger partial charge on any atom is -0.473 e. The van der Waals surface area contributed by atoms with Crippen molar-refractivity contribution in [1.82, 2.24) is 19.9 Å². The summed E-state index contributed by atoms with van der Waals surface area (Å²) in [7, 11) is -3.70. The molecule has 11 heteroatoms. The maximum Gasteiger partial charge on any atom is 0.407 e. The van der Waals surface area contributed by atoms with Crippen LogP contribution in [0, 0.1) is 5.92 Å². The number of ether oxygens (including phenoxy) is 2. The molecule has 2 aliphatic rings. The molecule has 0 radical (unpaired) electrons. The van der Waals surface area contributed by atoms with Gasteiger partial charge in [-0.2, -0.15) is 4.31 Å². The molecule has 10 nitrogen and oxygen atoms in total. The van der Waals surface area contributed by atoms with Crippen LogP contribution in [0.4, 0.5) is 4.79 Å². The van der Waals surface area contributed by atoms with Crippen molar-refractivity contribution in [2.24, 2.45) is 5.92 Å². The van der Waals surface area contributed by atoms with Gasteiger partial charge >= 0.3 is 6.09 Å². The van der Waals surface area contributed by atoms with Crippen LogP contribution >= 0.6 is 0 Å². The number of hydrogen-bond acceptors (Lipinski definition) is 7. The first-order chi connectivity index (χ1) is 15.9. The number of nitrogens with one attached hydrogen (secondary N) is 2. The average molecular weight is 495 g/mol. The van der Waals surface area contributed by atoms with E-state index in [0.29, 0.717) is 37.5 Å². The van der Waals surface area contributed by atoms with Gasteiger partial charge in [0.1, 0.15) is 17.1 Å². The molecular weight excluding hydrogens is 460 g/mol. The van der Waals surface area contributed by atoms with Crippen molar-refractivity contribution in [2.75, 3.05) is 26.2 Å². The van der Waals surface area contributed by atoms with Gasteiger partial charge in [0.15, 0.2) is 0 Å². The minimum atomic E-state index is -3.70. The Bertz CT molecular complexity index is 991. The Labute approximate surface area is 201 Å². The molecule has 2 N–H and O–H groups in total. The molecule has 1 saturated heterocycles. The summed E-state index contributed by atoms with van der Waals surface area (Å²) in [6.07, 6.45) is 3.79. The van der Waals surface area contributed by atoms with Crippen LogP contribution in [0.3, 0.4) is 0 Å². The Morgan fingerprint density at radius 1 is 1.18 bits per heavy atom. The number of aromatic nitrogens is 1. The van der Waals surface area contributed by atoms with Crippen molar-refractivity contribution in [2.45, 2.75) is 63.0 Å². The lowest BCUT2D eigenvalue weighted by Crippen LogP contribution is -2.43.